The number of nitrogens with one attached hydrogen (secondary N) is 2. The molecule has 0 aromatic heterocycles. The number of carbonyl (C=O) groups excluding carboxylic acids is 1. The van der Waals surface area contributed by atoms with Gasteiger partial charge in [-0.05, 0) is 59.5 Å². The normalized spacial score (nSPS) is 25.4. The van der Waals surface area contributed by atoms with Gasteiger partial charge in [-0.2, -0.15) is 0 Å². The molecule has 2 N–H and O–H groups in total. The zero-order chi connectivity index (χ0) is 16.2. The first-order chi connectivity index (χ1) is 10.3. The minimum Gasteiger partial charge on any atom is -0.444 e. The van der Waals surface area contributed by atoms with Crippen molar-refractivity contribution in [1.29, 1.82) is 0 Å². The first-order valence-electron chi connectivity index (χ1n) is 8.75. The van der Waals surface area contributed by atoms with Crippen LogP contribution < -0.4 is 10.6 Å². The fourth-order valence-electron chi connectivity index (χ4n) is 3.60. The third kappa shape index (κ3) is 5.76. The Morgan fingerprint density at radius 2 is 1.95 bits per heavy atom. The van der Waals surface area contributed by atoms with Crippen molar-refractivity contribution >= 4 is 6.09 Å². The van der Waals surface area contributed by atoms with E-state index in [0.29, 0.717) is 24.5 Å². The zero-order valence-corrected chi connectivity index (χ0v) is 14.7. The van der Waals surface area contributed by atoms with Crippen molar-refractivity contribution in [2.75, 3.05) is 26.7 Å². The number of amides is 1. The second-order valence-corrected chi connectivity index (χ2v) is 7.95. The molecule has 2 rings (SSSR count). The van der Waals surface area contributed by atoms with Gasteiger partial charge < -0.3 is 20.3 Å². The largest absolute Gasteiger partial charge is 0.444 e. The molecule has 0 bridgehead atoms. The van der Waals surface area contributed by atoms with Gasteiger partial charge in [0.25, 0.3) is 0 Å². The van der Waals surface area contributed by atoms with Gasteiger partial charge in [-0.3, -0.25) is 0 Å². The third-order valence-corrected chi connectivity index (χ3v) is 4.68. The van der Waals surface area contributed by atoms with Crippen LogP contribution in [0, 0.1) is 5.92 Å². The van der Waals surface area contributed by atoms with Gasteiger partial charge in [0.1, 0.15) is 5.60 Å². The molecule has 0 aromatic carbocycles. The number of nitrogens with zero attached hydrogens (tertiary/aromatic N) is 1. The lowest BCUT2D eigenvalue weighted by atomic mass is 9.97. The lowest BCUT2D eigenvalue weighted by Gasteiger charge is -2.29. The van der Waals surface area contributed by atoms with E-state index in [-0.39, 0.29) is 6.09 Å². The average molecular weight is 311 g/mol. The Kier molecular flexibility index (Phi) is 6.09. The van der Waals surface area contributed by atoms with Crippen LogP contribution in [0.2, 0.25) is 0 Å². The summed E-state index contributed by atoms with van der Waals surface area (Å²) in [7, 11) is 2.17. The van der Waals surface area contributed by atoms with Gasteiger partial charge in [-0.25, -0.2) is 4.79 Å². The Balaban J connectivity index is 1.83. The van der Waals surface area contributed by atoms with Crippen molar-refractivity contribution in [2.45, 2.75) is 70.6 Å². The number of carbonyl (C=O) groups is 1. The van der Waals surface area contributed by atoms with E-state index in [4.69, 9.17) is 4.74 Å². The van der Waals surface area contributed by atoms with Crippen molar-refractivity contribution in [1.82, 2.24) is 15.5 Å². The highest BCUT2D eigenvalue weighted by Crippen LogP contribution is 2.28. The predicted molar refractivity (Wildman–Crippen MR) is 89.0 cm³/mol. The molecule has 22 heavy (non-hydrogen) atoms. The summed E-state index contributed by atoms with van der Waals surface area (Å²) in [4.78, 5) is 14.3. The van der Waals surface area contributed by atoms with Crippen LogP contribution in [0.25, 0.3) is 0 Å². The lowest BCUT2D eigenvalue weighted by Crippen LogP contribution is -2.50. The highest BCUT2D eigenvalue weighted by atomic mass is 16.6. The van der Waals surface area contributed by atoms with Crippen molar-refractivity contribution in [3.63, 3.8) is 0 Å². The van der Waals surface area contributed by atoms with Crippen molar-refractivity contribution in [3.05, 3.63) is 0 Å². The first kappa shape index (κ1) is 17.5. The topological polar surface area (TPSA) is 53.6 Å². The van der Waals surface area contributed by atoms with Crippen molar-refractivity contribution in [2.24, 2.45) is 5.92 Å². The summed E-state index contributed by atoms with van der Waals surface area (Å²) in [6.07, 6.45) is 6.08. The Morgan fingerprint density at radius 3 is 2.50 bits per heavy atom. The predicted octanol–water partition coefficient (Wildman–Crippen LogP) is 2.36. The van der Waals surface area contributed by atoms with Gasteiger partial charge in [0.05, 0.1) is 0 Å². The summed E-state index contributed by atoms with van der Waals surface area (Å²) in [5.41, 5.74) is -0.436. The standard InChI is InChI=1S/C17H33N3O2/c1-17(2,3)22-16(21)18-11-15(13-7-5-6-8-13)19-14-9-10-20(4)12-14/h13-15,19H,5-12H2,1-4H3,(H,18,21). The van der Waals surface area contributed by atoms with Gasteiger partial charge in [-0.1, -0.05) is 12.8 Å². The number of rotatable bonds is 5. The number of likely N-dealkylation sites (tertiary alicyclic amines) is 1. The van der Waals surface area contributed by atoms with Gasteiger partial charge in [0.15, 0.2) is 0 Å². The van der Waals surface area contributed by atoms with Crippen LogP contribution >= 0.6 is 0 Å². The third-order valence-electron chi connectivity index (χ3n) is 4.68. The molecule has 2 aliphatic rings. The molecule has 1 heterocycles. The van der Waals surface area contributed by atoms with Crippen LogP contribution in [-0.2, 0) is 4.74 Å². The van der Waals surface area contributed by atoms with Gasteiger partial charge in [0.2, 0.25) is 0 Å². The molecule has 0 radical (unpaired) electrons. The van der Waals surface area contributed by atoms with Crippen LogP contribution in [0.1, 0.15) is 52.9 Å². The molecular weight excluding hydrogens is 278 g/mol. The second-order valence-electron chi connectivity index (χ2n) is 7.95. The molecule has 1 saturated heterocycles. The maximum Gasteiger partial charge on any atom is 0.407 e. The molecule has 2 atom stereocenters. The number of alkyl carbamates (subject to hydrolysis) is 1. The molecule has 2 fully saturated rings. The maximum absolute atomic E-state index is 11.9. The molecule has 1 saturated carbocycles. The molecular formula is C17H33N3O2. The molecule has 2 unspecified atom stereocenters. The van der Waals surface area contributed by atoms with E-state index in [1.54, 1.807) is 0 Å². The first-order valence-corrected chi connectivity index (χ1v) is 8.75. The van der Waals surface area contributed by atoms with Crippen LogP contribution in [0.15, 0.2) is 0 Å². The van der Waals surface area contributed by atoms with E-state index in [1.165, 1.54) is 32.1 Å². The maximum atomic E-state index is 11.9. The van der Waals surface area contributed by atoms with E-state index in [0.717, 1.165) is 13.1 Å². The van der Waals surface area contributed by atoms with E-state index in [9.17, 15) is 4.79 Å². The Bertz CT molecular complexity index is 361. The number of hydrogen-bond donors (Lipinski definition) is 2. The van der Waals surface area contributed by atoms with Crippen LogP contribution in [0.4, 0.5) is 4.79 Å². The second kappa shape index (κ2) is 7.64. The summed E-state index contributed by atoms with van der Waals surface area (Å²) < 4.78 is 5.35. The molecule has 1 aliphatic heterocycles. The van der Waals surface area contributed by atoms with Crippen LogP contribution in [-0.4, -0.2) is 55.4 Å². The van der Waals surface area contributed by atoms with E-state index in [2.05, 4.69) is 22.6 Å². The summed E-state index contributed by atoms with van der Waals surface area (Å²) in [6, 6.07) is 0.919. The average Bonchev–Trinajstić information content (AvgIpc) is 3.03. The fourth-order valence-corrected chi connectivity index (χ4v) is 3.60. The van der Waals surface area contributed by atoms with Crippen LogP contribution in [0.5, 0.6) is 0 Å². The van der Waals surface area contributed by atoms with Crippen molar-refractivity contribution in [3.8, 4) is 0 Å². The van der Waals surface area contributed by atoms with E-state index in [1.807, 2.05) is 20.8 Å². The molecule has 0 spiro atoms. The van der Waals surface area contributed by atoms with Crippen LogP contribution in [0.3, 0.4) is 0 Å². The Hall–Kier alpha value is -0.810. The quantitative estimate of drug-likeness (QED) is 0.818. The minimum absolute atomic E-state index is 0.305. The summed E-state index contributed by atoms with van der Waals surface area (Å²) in [6.45, 7) is 8.62. The van der Waals surface area contributed by atoms with Gasteiger partial charge in [0, 0.05) is 25.2 Å². The molecule has 5 nitrogen and oxygen atoms in total. The Labute approximate surface area is 135 Å². The SMILES string of the molecule is CN1CCC(NC(CNC(=O)OC(C)(C)C)C2CCCC2)C1. The van der Waals surface area contributed by atoms with Crippen molar-refractivity contribution < 1.29 is 9.53 Å². The molecule has 1 amide bonds. The molecule has 1 aliphatic carbocycles. The zero-order valence-electron chi connectivity index (χ0n) is 14.7. The number of hydrogen-bond acceptors (Lipinski definition) is 4. The summed E-state index contributed by atoms with van der Waals surface area (Å²) in [5.74, 6) is 0.681. The minimum atomic E-state index is -0.436. The van der Waals surface area contributed by atoms with E-state index < -0.39 is 5.60 Å². The molecule has 5 heteroatoms. The fraction of sp³-hybridized carbons (Fsp3) is 0.941. The molecule has 128 valence electrons. The lowest BCUT2D eigenvalue weighted by molar-refractivity contribution is 0.0517. The summed E-state index contributed by atoms with van der Waals surface area (Å²) in [5, 5.41) is 6.76. The summed E-state index contributed by atoms with van der Waals surface area (Å²) >= 11 is 0. The molecule has 0 aromatic rings. The Morgan fingerprint density at radius 1 is 1.27 bits per heavy atom. The monoisotopic (exact) mass is 311 g/mol. The number of likely N-dealkylation sites (N-methyl/N-ethyl adjacent to an activating group) is 1. The number of ether oxygens (including phenoxy) is 1. The van der Waals surface area contributed by atoms with Gasteiger partial charge in [-0.15, -0.1) is 0 Å². The van der Waals surface area contributed by atoms with E-state index >= 15 is 0 Å². The highest BCUT2D eigenvalue weighted by molar-refractivity contribution is 5.67. The highest BCUT2D eigenvalue weighted by Gasteiger charge is 2.29. The van der Waals surface area contributed by atoms with Gasteiger partial charge >= 0.3 is 6.09 Å². The smallest absolute Gasteiger partial charge is 0.407 e.